The Labute approximate surface area is 240 Å². The highest BCUT2D eigenvalue weighted by Crippen LogP contribution is 2.36. The summed E-state index contributed by atoms with van der Waals surface area (Å²) in [6.07, 6.45) is 1.82. The molecule has 0 N–H and O–H groups in total. The maximum atomic E-state index is 5.23. The molecule has 5 nitrogen and oxygen atoms in total. The standard InChI is InChI=1S/C37H21N5/c1-2-7-22(8-3-1)29-18-16-24-12-13-25-17-19-31(41-34(25)33(24)39-29)37-28-21-26-15-14-23-9-6-20-38-32(23)35(26)42-36(28)27-10-4-5-11-30(27)40-37/h1-21H. The summed E-state index contributed by atoms with van der Waals surface area (Å²) in [6, 6.07) is 41.4. The molecule has 5 heteroatoms. The molecule has 194 valence electrons. The molecule has 5 aromatic heterocycles. The van der Waals surface area contributed by atoms with Crippen LogP contribution in [-0.4, -0.2) is 24.9 Å². The average Bonchev–Trinajstić information content (AvgIpc) is 3.07. The Kier molecular flexibility index (Phi) is 4.83. The van der Waals surface area contributed by atoms with Crippen molar-refractivity contribution in [3.63, 3.8) is 0 Å². The fraction of sp³-hybridized carbons (Fsp3) is 0. The molecule has 0 aliphatic carbocycles. The fourth-order valence-corrected chi connectivity index (χ4v) is 5.98. The minimum atomic E-state index is 0.790. The van der Waals surface area contributed by atoms with Gasteiger partial charge < -0.3 is 0 Å². The maximum Gasteiger partial charge on any atom is 0.0988 e. The van der Waals surface area contributed by atoms with Crippen LogP contribution in [-0.2, 0) is 0 Å². The summed E-state index contributed by atoms with van der Waals surface area (Å²) in [7, 11) is 0. The van der Waals surface area contributed by atoms with E-state index in [1.165, 1.54) is 0 Å². The molecule has 0 amide bonds. The van der Waals surface area contributed by atoms with E-state index in [2.05, 4.69) is 83.8 Å². The van der Waals surface area contributed by atoms with E-state index in [0.29, 0.717) is 0 Å². The van der Waals surface area contributed by atoms with Crippen molar-refractivity contribution < 1.29 is 0 Å². The van der Waals surface area contributed by atoms with Crippen molar-refractivity contribution in [2.75, 3.05) is 0 Å². The zero-order valence-corrected chi connectivity index (χ0v) is 22.4. The molecule has 0 bridgehead atoms. The number of hydrogen-bond donors (Lipinski definition) is 0. The van der Waals surface area contributed by atoms with Crippen molar-refractivity contribution in [1.29, 1.82) is 0 Å². The van der Waals surface area contributed by atoms with Gasteiger partial charge in [-0.1, -0.05) is 91.0 Å². The maximum absolute atomic E-state index is 5.23. The molecule has 9 aromatic rings. The Morgan fingerprint density at radius 2 is 1.02 bits per heavy atom. The van der Waals surface area contributed by atoms with E-state index in [1.54, 1.807) is 0 Å². The normalized spacial score (nSPS) is 11.8. The molecule has 0 radical (unpaired) electrons. The van der Waals surface area contributed by atoms with Gasteiger partial charge in [0, 0.05) is 44.1 Å². The van der Waals surface area contributed by atoms with Gasteiger partial charge >= 0.3 is 0 Å². The van der Waals surface area contributed by atoms with Gasteiger partial charge in [-0.2, -0.15) is 0 Å². The summed E-state index contributed by atoms with van der Waals surface area (Å²) in [6.45, 7) is 0. The summed E-state index contributed by atoms with van der Waals surface area (Å²) in [5, 5.41) is 6.15. The van der Waals surface area contributed by atoms with Crippen molar-refractivity contribution in [2.24, 2.45) is 0 Å². The van der Waals surface area contributed by atoms with Crippen LogP contribution in [0.15, 0.2) is 128 Å². The van der Waals surface area contributed by atoms with Gasteiger partial charge in [0.25, 0.3) is 0 Å². The third kappa shape index (κ3) is 3.47. The Hall–Kier alpha value is -5.81. The third-order valence-electron chi connectivity index (χ3n) is 8.04. The van der Waals surface area contributed by atoms with Crippen LogP contribution < -0.4 is 0 Å². The molecule has 0 aliphatic rings. The fourth-order valence-electron chi connectivity index (χ4n) is 5.98. The highest BCUT2D eigenvalue weighted by molar-refractivity contribution is 6.15. The van der Waals surface area contributed by atoms with Crippen LogP contribution >= 0.6 is 0 Å². The van der Waals surface area contributed by atoms with Crippen LogP contribution in [0.25, 0.3) is 88.1 Å². The van der Waals surface area contributed by atoms with E-state index in [0.717, 1.165) is 88.1 Å². The second kappa shape index (κ2) is 8.85. The molecule has 4 aromatic carbocycles. The van der Waals surface area contributed by atoms with Gasteiger partial charge in [-0.15, -0.1) is 0 Å². The molecule has 0 fully saturated rings. The van der Waals surface area contributed by atoms with E-state index in [1.807, 2.05) is 48.7 Å². The second-order valence-corrected chi connectivity index (χ2v) is 10.5. The first-order valence-corrected chi connectivity index (χ1v) is 13.9. The molecular weight excluding hydrogens is 514 g/mol. The minimum absolute atomic E-state index is 0.790. The Morgan fingerprint density at radius 1 is 0.381 bits per heavy atom. The van der Waals surface area contributed by atoms with Gasteiger partial charge in [0.1, 0.15) is 0 Å². The number of fused-ring (bicyclic) bond motifs is 9. The van der Waals surface area contributed by atoms with Crippen LogP contribution in [0.5, 0.6) is 0 Å². The van der Waals surface area contributed by atoms with E-state index >= 15 is 0 Å². The van der Waals surface area contributed by atoms with Gasteiger partial charge in [0.15, 0.2) is 0 Å². The first-order valence-electron chi connectivity index (χ1n) is 13.9. The Morgan fingerprint density at radius 3 is 1.86 bits per heavy atom. The number of para-hydroxylation sites is 1. The van der Waals surface area contributed by atoms with Crippen molar-refractivity contribution in [3.8, 4) is 22.6 Å². The molecule has 9 rings (SSSR count). The summed E-state index contributed by atoms with van der Waals surface area (Å²) in [5.41, 5.74) is 8.89. The topological polar surface area (TPSA) is 64.5 Å². The third-order valence-corrected chi connectivity index (χ3v) is 8.04. The number of hydrogen-bond acceptors (Lipinski definition) is 5. The monoisotopic (exact) mass is 535 g/mol. The number of nitrogens with zero attached hydrogens (tertiary/aromatic N) is 5. The lowest BCUT2D eigenvalue weighted by molar-refractivity contribution is 1.32. The number of pyridine rings is 5. The number of benzene rings is 4. The smallest absolute Gasteiger partial charge is 0.0988 e. The predicted molar refractivity (Wildman–Crippen MR) is 171 cm³/mol. The van der Waals surface area contributed by atoms with E-state index in [-0.39, 0.29) is 0 Å². The Balaban J connectivity index is 1.35. The number of rotatable bonds is 2. The summed E-state index contributed by atoms with van der Waals surface area (Å²) in [5.74, 6) is 0. The van der Waals surface area contributed by atoms with E-state index < -0.39 is 0 Å². The second-order valence-electron chi connectivity index (χ2n) is 10.5. The molecular formula is C37H21N5. The molecule has 0 aliphatic heterocycles. The van der Waals surface area contributed by atoms with Crippen LogP contribution in [0, 0.1) is 0 Å². The van der Waals surface area contributed by atoms with Crippen molar-refractivity contribution in [1.82, 2.24) is 24.9 Å². The summed E-state index contributed by atoms with van der Waals surface area (Å²) >= 11 is 0. The number of aromatic nitrogens is 5. The zero-order valence-electron chi connectivity index (χ0n) is 22.4. The van der Waals surface area contributed by atoms with Crippen molar-refractivity contribution in [2.45, 2.75) is 0 Å². The minimum Gasteiger partial charge on any atom is -0.254 e. The van der Waals surface area contributed by atoms with E-state index in [9.17, 15) is 0 Å². The van der Waals surface area contributed by atoms with Crippen LogP contribution in [0.2, 0.25) is 0 Å². The SMILES string of the molecule is c1ccc(-c2ccc3ccc4ccc(-c5nc6ccccc6c6nc7c(ccc8cccnc87)cc56)nc4c3n2)cc1. The lowest BCUT2D eigenvalue weighted by atomic mass is 10.0. The lowest BCUT2D eigenvalue weighted by Crippen LogP contribution is -1.96. The van der Waals surface area contributed by atoms with Gasteiger partial charge in [-0.05, 0) is 30.3 Å². The largest absolute Gasteiger partial charge is 0.254 e. The summed E-state index contributed by atoms with van der Waals surface area (Å²) in [4.78, 5) is 25.4. The first kappa shape index (κ1) is 22.9. The van der Waals surface area contributed by atoms with E-state index in [4.69, 9.17) is 19.9 Å². The van der Waals surface area contributed by atoms with Gasteiger partial charge in [-0.25, -0.2) is 19.9 Å². The van der Waals surface area contributed by atoms with Gasteiger partial charge in [-0.3, -0.25) is 4.98 Å². The van der Waals surface area contributed by atoms with Crippen molar-refractivity contribution >= 4 is 65.4 Å². The molecule has 0 saturated heterocycles. The highest BCUT2D eigenvalue weighted by atomic mass is 14.8. The zero-order chi connectivity index (χ0) is 27.6. The molecule has 0 spiro atoms. The van der Waals surface area contributed by atoms with Crippen LogP contribution in [0.3, 0.4) is 0 Å². The summed E-state index contributed by atoms with van der Waals surface area (Å²) < 4.78 is 0. The molecule has 0 atom stereocenters. The molecule has 0 saturated carbocycles. The van der Waals surface area contributed by atoms with Crippen LogP contribution in [0.4, 0.5) is 0 Å². The molecule has 42 heavy (non-hydrogen) atoms. The van der Waals surface area contributed by atoms with Crippen molar-refractivity contribution in [3.05, 3.63) is 128 Å². The average molecular weight is 536 g/mol. The quantitative estimate of drug-likeness (QED) is 0.163. The highest BCUT2D eigenvalue weighted by Gasteiger charge is 2.16. The lowest BCUT2D eigenvalue weighted by Gasteiger charge is -2.12. The molecule has 0 unspecified atom stereocenters. The Bertz CT molecular complexity index is 2520. The first-order chi connectivity index (χ1) is 20.8. The van der Waals surface area contributed by atoms with Crippen LogP contribution in [0.1, 0.15) is 0 Å². The van der Waals surface area contributed by atoms with Gasteiger partial charge in [0.2, 0.25) is 0 Å². The van der Waals surface area contributed by atoms with Gasteiger partial charge in [0.05, 0.1) is 50.2 Å². The predicted octanol–water partition coefficient (Wildman–Crippen LogP) is 8.91. The molecule has 5 heterocycles.